The van der Waals surface area contributed by atoms with Crippen LogP contribution in [0.1, 0.15) is 16.7 Å². The maximum Gasteiger partial charge on any atom is 0.540 e. The van der Waals surface area contributed by atoms with Crippen molar-refractivity contribution in [3.8, 4) is 17.2 Å². The summed E-state index contributed by atoms with van der Waals surface area (Å²) in [6.07, 6.45) is 3.49. The van der Waals surface area contributed by atoms with Gasteiger partial charge >= 0.3 is 21.7 Å². The molecular weight excluding hydrogens is 609 g/mol. The van der Waals surface area contributed by atoms with E-state index in [1.807, 2.05) is 12.1 Å². The topological polar surface area (TPSA) is 105 Å². The van der Waals surface area contributed by atoms with Crippen LogP contribution in [0.3, 0.4) is 0 Å². The van der Waals surface area contributed by atoms with E-state index in [1.165, 1.54) is 14.2 Å². The third-order valence-electron chi connectivity index (χ3n) is 5.22. The van der Waals surface area contributed by atoms with Crippen LogP contribution in [-0.4, -0.2) is 55.4 Å². The number of hydrogen-bond donors (Lipinski definition) is 1. The molecule has 2 atom stereocenters. The van der Waals surface area contributed by atoms with Crippen molar-refractivity contribution in [2.24, 2.45) is 10.2 Å². The molecule has 0 saturated heterocycles. The van der Waals surface area contributed by atoms with Gasteiger partial charge in [-0.25, -0.2) is 0 Å². The second-order valence-electron chi connectivity index (χ2n) is 8.06. The van der Waals surface area contributed by atoms with Crippen LogP contribution in [0.4, 0.5) is 0 Å². The molecule has 3 rings (SSSR count). The molecule has 3 aromatic carbocycles. The van der Waals surface area contributed by atoms with Gasteiger partial charge in [0.25, 0.3) is 0 Å². The maximum absolute atomic E-state index is 12.3. The number of aromatic hydroxyl groups is 1. The van der Waals surface area contributed by atoms with E-state index in [-0.39, 0.29) is 11.9 Å². The van der Waals surface area contributed by atoms with Crippen LogP contribution in [0.5, 0.6) is 17.2 Å². The molecule has 0 fully saturated rings. The van der Waals surface area contributed by atoms with Gasteiger partial charge in [-0.05, 0) is 77.4 Å². The highest BCUT2D eigenvalue weighted by atomic mass is 32.4. The van der Waals surface area contributed by atoms with Gasteiger partial charge in [0.2, 0.25) is 23.6 Å². The van der Waals surface area contributed by atoms with Crippen molar-refractivity contribution in [3.63, 3.8) is 0 Å². The summed E-state index contributed by atoms with van der Waals surface area (Å²) in [6.45, 7) is 0. The predicted molar refractivity (Wildman–Crippen MR) is 167 cm³/mol. The molecule has 2 unspecified atom stereocenters. The lowest BCUT2D eigenvalue weighted by molar-refractivity contribution is 0.275. The molecule has 1 N–H and O–H groups in total. The van der Waals surface area contributed by atoms with Crippen molar-refractivity contribution in [1.29, 1.82) is 0 Å². The monoisotopic (exact) mass is 638 g/mol. The minimum Gasteiger partial charge on any atom is -0.508 e. The quantitative estimate of drug-likeness (QED) is 0.118. The molecule has 0 radical (unpaired) electrons. The van der Waals surface area contributed by atoms with E-state index in [0.29, 0.717) is 11.5 Å². The Balaban J connectivity index is 1.49. The van der Waals surface area contributed by atoms with Gasteiger partial charge in [0, 0.05) is 14.2 Å². The number of hydrazone groups is 2. The summed E-state index contributed by atoms with van der Waals surface area (Å²) in [6, 6.07) is 21.1. The van der Waals surface area contributed by atoms with E-state index in [4.69, 9.17) is 41.7 Å². The molecule has 0 amide bonds. The molecule has 0 heterocycles. The minimum atomic E-state index is -3.14. The fraction of sp³-hybridized carbons (Fsp3) is 0.200. The van der Waals surface area contributed by atoms with Gasteiger partial charge in [-0.2, -0.15) is 0 Å². The van der Waals surface area contributed by atoms with E-state index in [9.17, 15) is 9.67 Å². The fourth-order valence-electron chi connectivity index (χ4n) is 2.94. The first-order valence-electron chi connectivity index (χ1n) is 11.6. The molecule has 0 saturated carbocycles. The van der Waals surface area contributed by atoms with Gasteiger partial charge < -0.3 is 14.2 Å². The van der Waals surface area contributed by atoms with Crippen molar-refractivity contribution in [3.05, 3.63) is 89.5 Å². The Bertz CT molecular complexity index is 1400. The fourth-order valence-corrected chi connectivity index (χ4v) is 5.89. The lowest BCUT2D eigenvalue weighted by Gasteiger charge is -2.13. The Labute approximate surface area is 245 Å². The molecule has 0 aliphatic heterocycles. The Morgan fingerprint density at radius 2 is 1.18 bits per heavy atom. The van der Waals surface area contributed by atoms with Crippen molar-refractivity contribution in [2.75, 3.05) is 28.3 Å². The molecule has 0 spiro atoms. The zero-order valence-corrected chi connectivity index (χ0v) is 26.5. The van der Waals surface area contributed by atoms with E-state index in [0.717, 1.165) is 16.7 Å². The zero-order chi connectivity index (χ0) is 29.1. The van der Waals surface area contributed by atoms with Gasteiger partial charge in [0.15, 0.2) is 11.5 Å². The van der Waals surface area contributed by atoms with Gasteiger partial charge in [-0.1, -0.05) is 21.7 Å². The molecule has 3 aromatic rings. The summed E-state index contributed by atoms with van der Waals surface area (Å²) in [5.74, 6) is 1.39. The second-order valence-corrected chi connectivity index (χ2v) is 14.7. The molecular formula is C25H29N4O6P3S2+2. The van der Waals surface area contributed by atoms with E-state index < -0.39 is 21.7 Å². The van der Waals surface area contributed by atoms with Crippen molar-refractivity contribution in [1.82, 2.24) is 9.56 Å². The summed E-state index contributed by atoms with van der Waals surface area (Å²) in [7, 11) is 0.196. The second kappa shape index (κ2) is 15.3. The van der Waals surface area contributed by atoms with Crippen LogP contribution >= 0.6 is 21.7 Å². The Kier molecular flexibility index (Phi) is 12.1. The van der Waals surface area contributed by atoms with Crippen LogP contribution in [0.2, 0.25) is 0 Å². The zero-order valence-electron chi connectivity index (χ0n) is 22.2. The van der Waals surface area contributed by atoms with Crippen LogP contribution in [0.15, 0.2) is 83.0 Å². The SMILES string of the molecule is COP(=O)(Cc1ccc(O[P+](=S)N(C)N=Cc2ccc(O[P+](=S)N(C)N=Cc3ccc(O)cc3)cc2)cc1)OC. The Hall–Kier alpha value is -2.81. The number of rotatable bonds is 14. The van der Waals surface area contributed by atoms with Crippen molar-refractivity contribution >= 4 is 57.8 Å². The molecule has 0 aliphatic carbocycles. The average Bonchev–Trinajstić information content (AvgIpc) is 2.97. The number of phenols is 1. The number of hydrogen-bond acceptors (Lipinski definition) is 10. The first-order valence-corrected chi connectivity index (χ1v) is 17.8. The highest BCUT2D eigenvalue weighted by Crippen LogP contribution is 2.49. The third-order valence-corrected chi connectivity index (χ3v) is 10.8. The van der Waals surface area contributed by atoms with Gasteiger partial charge in [-0.3, -0.25) is 13.6 Å². The molecule has 10 nitrogen and oxygen atoms in total. The van der Waals surface area contributed by atoms with Crippen LogP contribution in [0.25, 0.3) is 0 Å². The number of benzene rings is 3. The van der Waals surface area contributed by atoms with Gasteiger partial charge in [0.1, 0.15) is 5.75 Å². The molecule has 0 aliphatic rings. The summed E-state index contributed by atoms with van der Waals surface area (Å²) in [5.41, 5.74) is 2.47. The first-order chi connectivity index (χ1) is 19.1. The molecule has 0 bridgehead atoms. The highest BCUT2D eigenvalue weighted by Gasteiger charge is 2.23. The third kappa shape index (κ3) is 9.98. The Morgan fingerprint density at radius 3 is 1.60 bits per heavy atom. The number of phenolic OH excluding ortho intramolecular Hbond substituents is 1. The highest BCUT2D eigenvalue weighted by molar-refractivity contribution is 8.02. The van der Waals surface area contributed by atoms with Gasteiger partial charge in [-0.15, -0.1) is 10.2 Å². The summed E-state index contributed by atoms with van der Waals surface area (Å²) >= 11 is 10.9. The lowest BCUT2D eigenvalue weighted by Crippen LogP contribution is -2.04. The van der Waals surface area contributed by atoms with E-state index >= 15 is 0 Å². The standard InChI is InChI=1S/C25H28N4O6P3S2/c1-28(26-17-20-5-11-23(30)12-6-20)36(39)34-24-13-7-21(8-14-24)18-27-29(2)37(40)35-25-15-9-22(10-16-25)19-38(31,32-3)33-4/h5-18H,19H2,1-4H3/q+1/p+1. The van der Waals surface area contributed by atoms with E-state index in [2.05, 4.69) is 10.2 Å². The lowest BCUT2D eigenvalue weighted by atomic mass is 10.2. The van der Waals surface area contributed by atoms with Crippen LogP contribution < -0.4 is 9.05 Å². The van der Waals surface area contributed by atoms with Crippen molar-refractivity contribution in [2.45, 2.75) is 6.16 Å². The molecule has 0 aromatic heterocycles. The predicted octanol–water partition coefficient (Wildman–Crippen LogP) is 6.62. The van der Waals surface area contributed by atoms with Gasteiger partial charge in [0.05, 0.1) is 32.7 Å². The number of nitrogens with zero attached hydrogens (tertiary/aromatic N) is 4. The smallest absolute Gasteiger partial charge is 0.508 e. The summed E-state index contributed by atoms with van der Waals surface area (Å²) in [5, 5.41) is 18.1. The first kappa shape index (κ1) is 31.7. The summed E-state index contributed by atoms with van der Waals surface area (Å²) < 4.78 is 37.1. The molecule has 15 heteroatoms. The molecule has 210 valence electrons. The van der Waals surface area contributed by atoms with Crippen molar-refractivity contribution < 1.29 is 27.8 Å². The summed E-state index contributed by atoms with van der Waals surface area (Å²) in [4.78, 5) is 0. The Morgan fingerprint density at radius 1 is 0.775 bits per heavy atom. The minimum absolute atomic E-state index is 0.163. The largest absolute Gasteiger partial charge is 0.540 e. The van der Waals surface area contributed by atoms with Crippen LogP contribution in [-0.2, 0) is 43.4 Å². The van der Waals surface area contributed by atoms with E-state index in [1.54, 1.807) is 96.7 Å². The average molecular weight is 639 g/mol. The normalized spacial score (nSPS) is 12.4. The molecule has 40 heavy (non-hydrogen) atoms. The van der Waals surface area contributed by atoms with Crippen LogP contribution in [0, 0.1) is 0 Å². The maximum atomic E-state index is 12.3.